The molecule has 0 saturated carbocycles. The van der Waals surface area contributed by atoms with Crippen LogP contribution in [0.15, 0.2) is 16.5 Å². The van der Waals surface area contributed by atoms with Crippen molar-refractivity contribution in [2.75, 3.05) is 26.2 Å². The second-order valence-corrected chi connectivity index (χ2v) is 9.44. The van der Waals surface area contributed by atoms with Gasteiger partial charge in [-0.25, -0.2) is 0 Å². The first kappa shape index (κ1) is 20.9. The third-order valence-electron chi connectivity index (χ3n) is 5.70. The molecule has 0 bridgehead atoms. The van der Waals surface area contributed by atoms with Gasteiger partial charge in [0.2, 0.25) is 11.8 Å². The quantitative estimate of drug-likeness (QED) is 0.811. The van der Waals surface area contributed by atoms with Crippen molar-refractivity contribution < 1.29 is 14.0 Å². The number of nitrogens with one attached hydrogen (secondary N) is 1. The zero-order valence-electron chi connectivity index (χ0n) is 17.8. The summed E-state index contributed by atoms with van der Waals surface area (Å²) in [5.41, 5.74) is -0.0707. The van der Waals surface area contributed by atoms with Crippen LogP contribution in [0, 0.1) is 12.3 Å². The van der Waals surface area contributed by atoms with Gasteiger partial charge in [0.15, 0.2) is 0 Å². The van der Waals surface area contributed by atoms with E-state index in [2.05, 4.69) is 31.0 Å². The first-order valence-corrected chi connectivity index (χ1v) is 10.6. The van der Waals surface area contributed by atoms with E-state index in [0.29, 0.717) is 19.5 Å². The molecule has 0 aromatic carbocycles. The minimum absolute atomic E-state index is 0.0350. The molecule has 3 heterocycles. The number of nitrogens with zero attached hydrogens (tertiary/aromatic N) is 2. The molecule has 2 unspecified atom stereocenters. The number of aryl methyl sites for hydroxylation is 1. The van der Waals surface area contributed by atoms with Crippen molar-refractivity contribution in [3.63, 3.8) is 0 Å². The van der Waals surface area contributed by atoms with Crippen molar-refractivity contribution in [3.05, 3.63) is 23.7 Å². The number of amides is 2. The Morgan fingerprint density at radius 2 is 1.89 bits per heavy atom. The Hall–Kier alpha value is -1.82. The Morgan fingerprint density at radius 3 is 2.50 bits per heavy atom. The third-order valence-corrected chi connectivity index (χ3v) is 5.70. The van der Waals surface area contributed by atoms with E-state index in [-0.39, 0.29) is 29.3 Å². The molecular weight excluding hydrogens is 354 g/mol. The Labute approximate surface area is 168 Å². The molecular formula is C22H35N3O3. The molecule has 2 aliphatic heterocycles. The standard InChI is InChI=1S/C22H35N3O3/c1-16-9-10-19(28-16)18(24-11-5-6-12-24)15-23-21(27)17-8-7-13-25(17)20(26)14-22(2,3)4/h9-10,17-18H,5-8,11-15H2,1-4H3,(H,23,27). The van der Waals surface area contributed by atoms with Crippen LogP contribution in [0.5, 0.6) is 0 Å². The maximum Gasteiger partial charge on any atom is 0.242 e. The van der Waals surface area contributed by atoms with Crippen LogP contribution >= 0.6 is 0 Å². The van der Waals surface area contributed by atoms with Crippen molar-refractivity contribution in [1.29, 1.82) is 0 Å². The van der Waals surface area contributed by atoms with Gasteiger partial charge >= 0.3 is 0 Å². The van der Waals surface area contributed by atoms with Gasteiger partial charge in [0.25, 0.3) is 0 Å². The molecule has 1 aromatic rings. The fourth-order valence-corrected chi connectivity index (χ4v) is 4.30. The van der Waals surface area contributed by atoms with Gasteiger partial charge in [-0.3, -0.25) is 14.5 Å². The van der Waals surface area contributed by atoms with Crippen LogP contribution < -0.4 is 5.32 Å². The highest BCUT2D eigenvalue weighted by atomic mass is 16.3. The summed E-state index contributed by atoms with van der Waals surface area (Å²) in [5, 5.41) is 3.12. The predicted octanol–water partition coefficient (Wildman–Crippen LogP) is 3.27. The van der Waals surface area contributed by atoms with Crippen LogP contribution in [-0.2, 0) is 9.59 Å². The lowest BCUT2D eigenvalue weighted by Crippen LogP contribution is -2.48. The van der Waals surface area contributed by atoms with E-state index in [0.717, 1.165) is 37.5 Å². The zero-order valence-corrected chi connectivity index (χ0v) is 17.8. The van der Waals surface area contributed by atoms with Gasteiger partial charge in [-0.05, 0) is 63.2 Å². The summed E-state index contributed by atoms with van der Waals surface area (Å²) in [6, 6.07) is 3.70. The van der Waals surface area contributed by atoms with Gasteiger partial charge < -0.3 is 14.6 Å². The largest absolute Gasteiger partial charge is 0.465 e. The summed E-state index contributed by atoms with van der Waals surface area (Å²) in [6.45, 7) is 11.4. The van der Waals surface area contributed by atoms with Crippen molar-refractivity contribution in [2.45, 2.75) is 71.9 Å². The van der Waals surface area contributed by atoms with Gasteiger partial charge in [0.05, 0.1) is 6.04 Å². The smallest absolute Gasteiger partial charge is 0.242 e. The van der Waals surface area contributed by atoms with E-state index in [1.54, 1.807) is 4.90 Å². The second-order valence-electron chi connectivity index (χ2n) is 9.44. The number of hydrogen-bond acceptors (Lipinski definition) is 4. The number of hydrogen-bond donors (Lipinski definition) is 1. The maximum atomic E-state index is 12.9. The van der Waals surface area contributed by atoms with Crippen molar-refractivity contribution in [1.82, 2.24) is 15.1 Å². The molecule has 1 aromatic heterocycles. The van der Waals surface area contributed by atoms with E-state index in [9.17, 15) is 9.59 Å². The van der Waals surface area contributed by atoms with Crippen LogP contribution in [0.4, 0.5) is 0 Å². The monoisotopic (exact) mass is 389 g/mol. The number of furan rings is 1. The van der Waals surface area contributed by atoms with Gasteiger partial charge in [0, 0.05) is 19.5 Å². The minimum Gasteiger partial charge on any atom is -0.465 e. The number of likely N-dealkylation sites (tertiary alicyclic amines) is 2. The molecule has 0 spiro atoms. The van der Waals surface area contributed by atoms with E-state index >= 15 is 0 Å². The van der Waals surface area contributed by atoms with Crippen molar-refractivity contribution in [3.8, 4) is 0 Å². The summed E-state index contributed by atoms with van der Waals surface area (Å²) in [5.74, 6) is 1.85. The maximum absolute atomic E-state index is 12.9. The second kappa shape index (κ2) is 8.68. The molecule has 6 nitrogen and oxygen atoms in total. The SMILES string of the molecule is Cc1ccc(C(CNC(=O)C2CCCN2C(=O)CC(C)(C)C)N2CCCC2)o1. The van der Waals surface area contributed by atoms with Gasteiger partial charge in [0.1, 0.15) is 17.6 Å². The normalized spacial score (nSPS) is 21.9. The zero-order chi connectivity index (χ0) is 20.3. The number of carbonyl (C=O) groups excluding carboxylic acids is 2. The number of carbonyl (C=O) groups is 2. The fraction of sp³-hybridized carbons (Fsp3) is 0.727. The van der Waals surface area contributed by atoms with E-state index in [1.807, 2.05) is 19.1 Å². The highest BCUT2D eigenvalue weighted by Gasteiger charge is 2.36. The van der Waals surface area contributed by atoms with Crippen LogP contribution in [-0.4, -0.2) is 53.8 Å². The predicted molar refractivity (Wildman–Crippen MR) is 109 cm³/mol. The summed E-state index contributed by atoms with van der Waals surface area (Å²) in [7, 11) is 0. The Balaban J connectivity index is 1.62. The first-order chi connectivity index (χ1) is 13.2. The lowest BCUT2D eigenvalue weighted by atomic mass is 9.91. The van der Waals surface area contributed by atoms with E-state index < -0.39 is 0 Å². The Morgan fingerprint density at radius 1 is 1.18 bits per heavy atom. The van der Waals surface area contributed by atoms with Crippen molar-refractivity contribution >= 4 is 11.8 Å². The van der Waals surface area contributed by atoms with E-state index in [1.165, 1.54) is 12.8 Å². The lowest BCUT2D eigenvalue weighted by Gasteiger charge is -2.29. The minimum atomic E-state index is -0.340. The summed E-state index contributed by atoms with van der Waals surface area (Å²) >= 11 is 0. The summed E-state index contributed by atoms with van der Waals surface area (Å²) in [6.07, 6.45) is 4.47. The molecule has 6 heteroatoms. The average Bonchev–Trinajstić information content (AvgIpc) is 3.35. The molecule has 2 saturated heterocycles. The molecule has 2 amide bonds. The molecule has 28 heavy (non-hydrogen) atoms. The van der Waals surface area contributed by atoms with Crippen LogP contribution in [0.2, 0.25) is 0 Å². The lowest BCUT2D eigenvalue weighted by molar-refractivity contribution is -0.139. The molecule has 1 N–H and O–H groups in total. The average molecular weight is 390 g/mol. The van der Waals surface area contributed by atoms with Crippen LogP contribution in [0.25, 0.3) is 0 Å². The summed E-state index contributed by atoms with van der Waals surface area (Å²) in [4.78, 5) is 29.8. The molecule has 2 aliphatic rings. The Kier molecular flexibility index (Phi) is 6.48. The van der Waals surface area contributed by atoms with Gasteiger partial charge in [-0.15, -0.1) is 0 Å². The molecule has 2 fully saturated rings. The molecule has 2 atom stereocenters. The summed E-state index contributed by atoms with van der Waals surface area (Å²) < 4.78 is 5.87. The van der Waals surface area contributed by atoms with Crippen LogP contribution in [0.1, 0.15) is 70.4 Å². The molecule has 0 radical (unpaired) electrons. The molecule has 0 aliphatic carbocycles. The van der Waals surface area contributed by atoms with Gasteiger partial charge in [-0.1, -0.05) is 20.8 Å². The van der Waals surface area contributed by atoms with Crippen LogP contribution in [0.3, 0.4) is 0 Å². The fourth-order valence-electron chi connectivity index (χ4n) is 4.30. The van der Waals surface area contributed by atoms with Gasteiger partial charge in [-0.2, -0.15) is 0 Å². The molecule has 3 rings (SSSR count). The Bertz CT molecular complexity index is 685. The van der Waals surface area contributed by atoms with Crippen molar-refractivity contribution in [2.24, 2.45) is 5.41 Å². The highest BCUT2D eigenvalue weighted by Crippen LogP contribution is 2.27. The first-order valence-electron chi connectivity index (χ1n) is 10.6. The highest BCUT2D eigenvalue weighted by molar-refractivity contribution is 5.88. The molecule has 156 valence electrons. The topological polar surface area (TPSA) is 65.8 Å². The number of rotatable bonds is 6. The third kappa shape index (κ3) is 5.16. The van der Waals surface area contributed by atoms with E-state index in [4.69, 9.17) is 4.42 Å².